The van der Waals surface area contributed by atoms with Crippen LogP contribution in [0.3, 0.4) is 0 Å². The monoisotopic (exact) mass is 486 g/mol. The molecule has 182 valence electrons. The Hall–Kier alpha value is -4.64. The summed E-state index contributed by atoms with van der Waals surface area (Å²) in [7, 11) is 0. The van der Waals surface area contributed by atoms with Crippen LogP contribution in [0.15, 0.2) is 65.4 Å². The Morgan fingerprint density at radius 3 is 2.64 bits per heavy atom. The lowest BCUT2D eigenvalue weighted by atomic mass is 10.1. The lowest BCUT2D eigenvalue weighted by Gasteiger charge is -2.35. The number of benzene rings is 2. The third kappa shape index (κ3) is 4.77. The number of phenolic OH excluding ortho intramolecular Hbond substituents is 1. The van der Waals surface area contributed by atoms with Gasteiger partial charge < -0.3 is 14.5 Å². The van der Waals surface area contributed by atoms with Crippen molar-refractivity contribution in [2.45, 2.75) is 6.54 Å². The van der Waals surface area contributed by atoms with Crippen molar-refractivity contribution in [1.29, 1.82) is 0 Å². The summed E-state index contributed by atoms with van der Waals surface area (Å²) in [4.78, 5) is 35.2. The summed E-state index contributed by atoms with van der Waals surface area (Å²) in [6.07, 6.45) is 3.89. The van der Waals surface area contributed by atoms with Gasteiger partial charge in [0, 0.05) is 62.3 Å². The third-order valence-electron chi connectivity index (χ3n) is 6.10. The number of phenols is 1. The lowest BCUT2D eigenvalue weighted by molar-refractivity contribution is -0.384. The van der Waals surface area contributed by atoms with E-state index in [1.165, 1.54) is 12.1 Å². The average molecular weight is 486 g/mol. The number of aromatic hydroxyl groups is 1. The van der Waals surface area contributed by atoms with Gasteiger partial charge in [-0.3, -0.25) is 24.8 Å². The zero-order valence-electron chi connectivity index (χ0n) is 19.1. The first-order valence-corrected chi connectivity index (χ1v) is 11.3. The summed E-state index contributed by atoms with van der Waals surface area (Å²) in [5, 5.41) is 25.6. The number of hydrogen-bond donors (Lipinski definition) is 1. The molecule has 1 fully saturated rings. The molecule has 0 saturated carbocycles. The highest BCUT2D eigenvalue weighted by Crippen LogP contribution is 2.34. The van der Waals surface area contributed by atoms with Crippen LogP contribution < -0.4 is 4.90 Å². The van der Waals surface area contributed by atoms with Gasteiger partial charge in [0.2, 0.25) is 5.82 Å². The van der Waals surface area contributed by atoms with Gasteiger partial charge in [-0.25, -0.2) is 0 Å². The van der Waals surface area contributed by atoms with Crippen molar-refractivity contribution >= 4 is 17.7 Å². The number of nitro benzene ring substituents is 1. The molecule has 4 aromatic rings. The molecule has 0 aliphatic carbocycles. The fourth-order valence-corrected chi connectivity index (χ4v) is 4.22. The number of carbonyl (C=O) groups excluding carboxylic acids is 1. The molecular formula is C25H22N6O5. The zero-order valence-corrected chi connectivity index (χ0v) is 19.1. The molecule has 11 heteroatoms. The molecule has 0 bridgehead atoms. The van der Waals surface area contributed by atoms with Crippen LogP contribution in [0.1, 0.15) is 15.9 Å². The van der Waals surface area contributed by atoms with E-state index < -0.39 is 4.92 Å². The van der Waals surface area contributed by atoms with Crippen LogP contribution in [0.25, 0.3) is 22.8 Å². The number of hydrogen-bond acceptors (Lipinski definition) is 10. The second kappa shape index (κ2) is 9.92. The molecule has 2 aromatic heterocycles. The highest BCUT2D eigenvalue weighted by molar-refractivity contribution is 5.79. The summed E-state index contributed by atoms with van der Waals surface area (Å²) in [6.45, 7) is 3.20. The molecule has 36 heavy (non-hydrogen) atoms. The van der Waals surface area contributed by atoms with Gasteiger partial charge in [0.05, 0.1) is 10.5 Å². The Morgan fingerprint density at radius 2 is 1.92 bits per heavy atom. The molecule has 11 nitrogen and oxygen atoms in total. The topological polar surface area (TPSA) is 139 Å². The molecule has 1 N–H and O–H groups in total. The number of anilines is 1. The Balaban J connectivity index is 1.30. The van der Waals surface area contributed by atoms with Gasteiger partial charge in [0.25, 0.3) is 11.6 Å². The fourth-order valence-electron chi connectivity index (χ4n) is 4.22. The first-order chi connectivity index (χ1) is 17.5. The van der Waals surface area contributed by atoms with Crippen LogP contribution in [0.2, 0.25) is 0 Å². The van der Waals surface area contributed by atoms with E-state index in [4.69, 9.17) is 4.52 Å². The maximum atomic E-state index is 11.9. The van der Waals surface area contributed by atoms with Crippen molar-refractivity contribution < 1.29 is 19.3 Å². The van der Waals surface area contributed by atoms with E-state index in [0.29, 0.717) is 61.6 Å². The summed E-state index contributed by atoms with van der Waals surface area (Å²) in [5.74, 6) is 0.509. The molecule has 5 rings (SSSR count). The molecule has 0 amide bonds. The molecule has 1 saturated heterocycles. The molecule has 0 unspecified atom stereocenters. The Morgan fingerprint density at radius 1 is 1.08 bits per heavy atom. The zero-order chi connectivity index (χ0) is 25.1. The highest BCUT2D eigenvalue weighted by Gasteiger charge is 2.25. The maximum Gasteiger partial charge on any atom is 0.293 e. The van der Waals surface area contributed by atoms with Crippen molar-refractivity contribution in [3.63, 3.8) is 0 Å². The molecule has 0 spiro atoms. The molecule has 1 aliphatic rings. The van der Waals surface area contributed by atoms with Gasteiger partial charge in [-0.05, 0) is 42.0 Å². The molecule has 3 heterocycles. The van der Waals surface area contributed by atoms with Crippen LogP contribution in [-0.2, 0) is 6.54 Å². The molecule has 1 aliphatic heterocycles. The molecule has 0 radical (unpaired) electrons. The Kier molecular flexibility index (Phi) is 6.37. The van der Waals surface area contributed by atoms with Gasteiger partial charge >= 0.3 is 0 Å². The molecule has 0 atom stereocenters. The predicted molar refractivity (Wildman–Crippen MR) is 131 cm³/mol. The number of rotatable bonds is 7. The van der Waals surface area contributed by atoms with Crippen LogP contribution >= 0.6 is 0 Å². The van der Waals surface area contributed by atoms with Crippen molar-refractivity contribution in [3.05, 3.63) is 82.2 Å². The Bertz CT molecular complexity index is 1400. The first-order valence-electron chi connectivity index (χ1n) is 11.3. The van der Waals surface area contributed by atoms with Gasteiger partial charge in [0.1, 0.15) is 11.4 Å². The van der Waals surface area contributed by atoms with Gasteiger partial charge in [-0.1, -0.05) is 11.2 Å². The predicted octanol–water partition coefficient (Wildman–Crippen LogP) is 3.55. The van der Waals surface area contributed by atoms with Crippen molar-refractivity contribution in [3.8, 4) is 28.6 Å². The van der Waals surface area contributed by atoms with Gasteiger partial charge in [0.15, 0.2) is 6.29 Å². The number of pyridine rings is 1. The maximum absolute atomic E-state index is 11.9. The number of nitro groups is 1. The summed E-state index contributed by atoms with van der Waals surface area (Å²) >= 11 is 0. The minimum Gasteiger partial charge on any atom is -0.507 e. The van der Waals surface area contributed by atoms with E-state index in [2.05, 4.69) is 20.0 Å². The molecular weight excluding hydrogens is 464 g/mol. The normalized spacial score (nSPS) is 14.1. The highest BCUT2D eigenvalue weighted by atomic mass is 16.6. The number of aromatic nitrogens is 3. The second-order valence-corrected chi connectivity index (χ2v) is 8.40. The van der Waals surface area contributed by atoms with E-state index in [1.54, 1.807) is 48.8 Å². The second-order valence-electron chi connectivity index (χ2n) is 8.40. The number of aldehydes is 1. The third-order valence-corrected chi connectivity index (χ3v) is 6.10. The summed E-state index contributed by atoms with van der Waals surface area (Å²) in [5.41, 5.74) is 2.83. The number of piperazine rings is 1. The van der Waals surface area contributed by atoms with Crippen LogP contribution in [-0.4, -0.2) is 62.5 Å². The van der Waals surface area contributed by atoms with Crippen LogP contribution in [0, 0.1) is 10.1 Å². The summed E-state index contributed by atoms with van der Waals surface area (Å²) in [6, 6.07) is 13.5. The first kappa shape index (κ1) is 23.1. The van der Waals surface area contributed by atoms with Gasteiger partial charge in [-0.2, -0.15) is 4.98 Å². The summed E-state index contributed by atoms with van der Waals surface area (Å²) < 4.78 is 5.35. The van der Waals surface area contributed by atoms with E-state index >= 15 is 0 Å². The van der Waals surface area contributed by atoms with E-state index in [9.17, 15) is 20.0 Å². The lowest BCUT2D eigenvalue weighted by Crippen LogP contribution is -2.46. The SMILES string of the molecule is O=Cc1cc(CN2CCN(c3ccc(-c4nc(-c5cccnc5)no4)cc3[N+](=O)[O-])CC2)ccc1O. The van der Waals surface area contributed by atoms with Crippen LogP contribution in [0.5, 0.6) is 5.75 Å². The average Bonchev–Trinajstić information content (AvgIpc) is 3.41. The minimum absolute atomic E-state index is 0.0313. The number of carbonyl (C=O) groups is 1. The van der Waals surface area contributed by atoms with Crippen molar-refractivity contribution in [2.75, 3.05) is 31.1 Å². The van der Waals surface area contributed by atoms with E-state index in [-0.39, 0.29) is 22.9 Å². The van der Waals surface area contributed by atoms with Crippen LogP contribution in [0.4, 0.5) is 11.4 Å². The van der Waals surface area contributed by atoms with E-state index in [1.807, 2.05) is 4.90 Å². The minimum atomic E-state index is -0.402. The Labute approximate surface area is 205 Å². The smallest absolute Gasteiger partial charge is 0.293 e. The van der Waals surface area contributed by atoms with Gasteiger partial charge in [-0.15, -0.1) is 0 Å². The number of nitrogens with zero attached hydrogens (tertiary/aromatic N) is 6. The van der Waals surface area contributed by atoms with Crippen molar-refractivity contribution in [2.24, 2.45) is 0 Å². The standard InChI is InChI=1S/C25H22N6O5/c32-16-20-12-17(3-6-23(20)33)15-29-8-10-30(11-9-29)21-5-4-18(13-22(21)31(34)35)25-27-24(28-36-25)19-2-1-7-26-14-19/h1-7,12-14,16,33H,8-11,15H2. The van der Waals surface area contributed by atoms with E-state index in [0.717, 1.165) is 5.56 Å². The quantitative estimate of drug-likeness (QED) is 0.234. The largest absolute Gasteiger partial charge is 0.507 e. The fraction of sp³-hybridized carbons (Fsp3) is 0.200. The van der Waals surface area contributed by atoms with Crippen molar-refractivity contribution in [1.82, 2.24) is 20.0 Å². The molecule has 2 aromatic carbocycles.